The molecular formula is C13H26ClN3O2. The summed E-state index contributed by atoms with van der Waals surface area (Å²) in [6, 6.07) is 0.232. The number of nitrogens with two attached hydrogens (primary N) is 1. The molecule has 1 saturated carbocycles. The summed E-state index contributed by atoms with van der Waals surface area (Å²) in [5, 5.41) is 5.38. The topological polar surface area (TPSA) is 84.2 Å². The molecule has 112 valence electrons. The molecule has 0 radical (unpaired) electrons. The number of nitrogens with one attached hydrogen (secondary N) is 2. The molecule has 4 N–H and O–H groups in total. The van der Waals surface area contributed by atoms with Crippen LogP contribution >= 0.6 is 12.4 Å². The van der Waals surface area contributed by atoms with Crippen LogP contribution in [0.25, 0.3) is 0 Å². The van der Waals surface area contributed by atoms with Gasteiger partial charge in [-0.1, -0.05) is 12.8 Å². The van der Waals surface area contributed by atoms with Gasteiger partial charge in [0.05, 0.1) is 6.54 Å². The third-order valence-electron chi connectivity index (χ3n) is 3.31. The molecule has 0 spiro atoms. The van der Waals surface area contributed by atoms with Gasteiger partial charge in [0, 0.05) is 18.5 Å². The molecule has 1 fully saturated rings. The third-order valence-corrected chi connectivity index (χ3v) is 3.31. The predicted molar refractivity (Wildman–Crippen MR) is 78.1 cm³/mol. The lowest BCUT2D eigenvalue weighted by Gasteiger charge is -2.27. The summed E-state index contributed by atoms with van der Waals surface area (Å²) in [5.74, 6) is 0.0504. The number of carbonyl (C=O) groups is 2. The molecule has 0 aromatic heterocycles. The molecule has 2 unspecified atom stereocenters. The lowest BCUT2D eigenvalue weighted by molar-refractivity contribution is -0.127. The minimum absolute atomic E-state index is 0. The first-order chi connectivity index (χ1) is 8.49. The van der Waals surface area contributed by atoms with Gasteiger partial charge in [-0.05, 0) is 32.6 Å². The molecule has 6 heteroatoms. The van der Waals surface area contributed by atoms with Gasteiger partial charge < -0.3 is 16.4 Å². The van der Waals surface area contributed by atoms with Crippen LogP contribution in [0.4, 0.5) is 0 Å². The number of rotatable bonds is 5. The number of hydrogen-bond acceptors (Lipinski definition) is 3. The van der Waals surface area contributed by atoms with Crippen LogP contribution < -0.4 is 16.4 Å². The Bertz CT molecular complexity index is 298. The quantitative estimate of drug-likeness (QED) is 0.705. The van der Waals surface area contributed by atoms with Gasteiger partial charge in [0.15, 0.2) is 0 Å². The van der Waals surface area contributed by atoms with E-state index in [-0.39, 0.29) is 48.8 Å². The Morgan fingerprint density at radius 2 is 1.84 bits per heavy atom. The molecule has 1 rings (SSSR count). The van der Waals surface area contributed by atoms with E-state index in [0.717, 1.165) is 25.7 Å². The summed E-state index contributed by atoms with van der Waals surface area (Å²) in [4.78, 5) is 23.1. The average Bonchev–Trinajstić information content (AvgIpc) is 2.29. The molecule has 2 atom stereocenters. The van der Waals surface area contributed by atoms with Gasteiger partial charge in [-0.2, -0.15) is 0 Å². The Morgan fingerprint density at radius 3 is 2.42 bits per heavy atom. The van der Waals surface area contributed by atoms with Crippen molar-refractivity contribution in [2.45, 2.75) is 58.0 Å². The van der Waals surface area contributed by atoms with Gasteiger partial charge in [0.2, 0.25) is 11.8 Å². The van der Waals surface area contributed by atoms with Crippen LogP contribution in [0.2, 0.25) is 0 Å². The van der Waals surface area contributed by atoms with Crippen LogP contribution in [0.1, 0.15) is 46.0 Å². The van der Waals surface area contributed by atoms with E-state index in [4.69, 9.17) is 5.73 Å². The zero-order chi connectivity index (χ0) is 13.5. The van der Waals surface area contributed by atoms with Crippen LogP contribution in [-0.4, -0.2) is 30.4 Å². The van der Waals surface area contributed by atoms with E-state index in [1.807, 2.05) is 13.8 Å². The summed E-state index contributed by atoms with van der Waals surface area (Å²) in [6.45, 7) is 3.83. The second-order valence-corrected chi connectivity index (χ2v) is 5.41. The second kappa shape index (κ2) is 9.15. The molecule has 0 aromatic rings. The first kappa shape index (κ1) is 18.2. The zero-order valence-electron chi connectivity index (χ0n) is 11.8. The fraction of sp³-hybridized carbons (Fsp3) is 0.846. The van der Waals surface area contributed by atoms with Gasteiger partial charge in [-0.25, -0.2) is 0 Å². The highest BCUT2D eigenvalue weighted by Crippen LogP contribution is 2.25. The van der Waals surface area contributed by atoms with Crippen molar-refractivity contribution in [3.63, 3.8) is 0 Å². The molecule has 2 amide bonds. The summed E-state index contributed by atoms with van der Waals surface area (Å²) in [6.07, 6.45) is 4.78. The number of halogens is 1. The van der Waals surface area contributed by atoms with Gasteiger partial charge >= 0.3 is 0 Å². The summed E-state index contributed by atoms with van der Waals surface area (Å²) < 4.78 is 0. The lowest BCUT2D eigenvalue weighted by atomic mass is 9.83. The van der Waals surface area contributed by atoms with E-state index < -0.39 is 0 Å². The van der Waals surface area contributed by atoms with Crippen LogP contribution in [0.5, 0.6) is 0 Å². The maximum atomic E-state index is 11.7. The van der Waals surface area contributed by atoms with Crippen LogP contribution in [0, 0.1) is 5.92 Å². The maximum Gasteiger partial charge on any atom is 0.239 e. The molecule has 0 bridgehead atoms. The number of carbonyl (C=O) groups excluding carboxylic acids is 2. The number of hydrogen-bond donors (Lipinski definition) is 3. The SMILES string of the molecule is CC(C)NC(=O)CNC(=O)CC1CCCCC1N.Cl. The standard InChI is InChI=1S/C13H25N3O2.ClH/c1-9(2)16-13(18)8-15-12(17)7-10-5-3-4-6-11(10)14;/h9-11H,3-8,14H2,1-2H3,(H,15,17)(H,16,18);1H. The molecule has 0 saturated heterocycles. The van der Waals surface area contributed by atoms with Crippen molar-refractivity contribution in [2.75, 3.05) is 6.54 Å². The van der Waals surface area contributed by atoms with E-state index in [0.29, 0.717) is 6.42 Å². The lowest BCUT2D eigenvalue weighted by Crippen LogP contribution is -2.42. The molecule has 19 heavy (non-hydrogen) atoms. The molecular weight excluding hydrogens is 266 g/mol. The zero-order valence-corrected chi connectivity index (χ0v) is 12.6. The van der Waals surface area contributed by atoms with Gasteiger partial charge in [0.25, 0.3) is 0 Å². The third kappa shape index (κ3) is 7.38. The summed E-state index contributed by atoms with van der Waals surface area (Å²) >= 11 is 0. The molecule has 0 heterocycles. The second-order valence-electron chi connectivity index (χ2n) is 5.41. The first-order valence-electron chi connectivity index (χ1n) is 6.80. The predicted octanol–water partition coefficient (Wildman–Crippen LogP) is 0.957. The van der Waals surface area contributed by atoms with Gasteiger partial charge in [-0.15, -0.1) is 12.4 Å². The van der Waals surface area contributed by atoms with Crippen molar-refractivity contribution in [2.24, 2.45) is 11.7 Å². The molecule has 1 aliphatic carbocycles. The Balaban J connectivity index is 0.00000324. The molecule has 0 aromatic carbocycles. The highest BCUT2D eigenvalue weighted by molar-refractivity contribution is 5.85. The van der Waals surface area contributed by atoms with Crippen LogP contribution in [-0.2, 0) is 9.59 Å². The average molecular weight is 292 g/mol. The largest absolute Gasteiger partial charge is 0.352 e. The molecule has 0 aliphatic heterocycles. The minimum Gasteiger partial charge on any atom is -0.352 e. The van der Waals surface area contributed by atoms with E-state index in [2.05, 4.69) is 10.6 Å². The maximum absolute atomic E-state index is 11.7. The fourth-order valence-corrected chi connectivity index (χ4v) is 2.35. The Morgan fingerprint density at radius 1 is 1.21 bits per heavy atom. The van der Waals surface area contributed by atoms with Crippen molar-refractivity contribution < 1.29 is 9.59 Å². The monoisotopic (exact) mass is 291 g/mol. The van der Waals surface area contributed by atoms with E-state index in [1.165, 1.54) is 0 Å². The van der Waals surface area contributed by atoms with E-state index in [1.54, 1.807) is 0 Å². The van der Waals surface area contributed by atoms with Crippen LogP contribution in [0.3, 0.4) is 0 Å². The highest BCUT2D eigenvalue weighted by atomic mass is 35.5. The first-order valence-corrected chi connectivity index (χ1v) is 6.80. The van der Waals surface area contributed by atoms with Crippen molar-refractivity contribution in [3.8, 4) is 0 Å². The van der Waals surface area contributed by atoms with E-state index in [9.17, 15) is 9.59 Å². The highest BCUT2D eigenvalue weighted by Gasteiger charge is 2.24. The fourth-order valence-electron chi connectivity index (χ4n) is 2.35. The van der Waals surface area contributed by atoms with E-state index >= 15 is 0 Å². The van der Waals surface area contributed by atoms with Crippen molar-refractivity contribution >= 4 is 24.2 Å². The van der Waals surface area contributed by atoms with Crippen LogP contribution in [0.15, 0.2) is 0 Å². The Labute approximate surface area is 121 Å². The number of amides is 2. The Kier molecular flexibility index (Phi) is 8.76. The summed E-state index contributed by atoms with van der Waals surface area (Å²) in [7, 11) is 0. The van der Waals surface area contributed by atoms with Gasteiger partial charge in [0.1, 0.15) is 0 Å². The molecule has 1 aliphatic rings. The minimum atomic E-state index is -0.147. The molecule has 5 nitrogen and oxygen atoms in total. The van der Waals surface area contributed by atoms with Crippen molar-refractivity contribution in [3.05, 3.63) is 0 Å². The Hall–Kier alpha value is -0.810. The van der Waals surface area contributed by atoms with Crippen molar-refractivity contribution in [1.29, 1.82) is 0 Å². The normalized spacial score (nSPS) is 22.5. The smallest absolute Gasteiger partial charge is 0.239 e. The summed E-state index contributed by atoms with van der Waals surface area (Å²) in [5.41, 5.74) is 5.99. The van der Waals surface area contributed by atoms with Crippen molar-refractivity contribution in [1.82, 2.24) is 10.6 Å². The van der Waals surface area contributed by atoms with Gasteiger partial charge in [-0.3, -0.25) is 9.59 Å².